The van der Waals surface area contributed by atoms with E-state index in [2.05, 4.69) is 27.9 Å². The zero-order valence-corrected chi connectivity index (χ0v) is 15.9. The van der Waals surface area contributed by atoms with Crippen molar-refractivity contribution >= 4 is 5.82 Å². The third-order valence-electron chi connectivity index (χ3n) is 4.90. The Labute approximate surface area is 164 Å². The number of aryl methyl sites for hydroxylation is 1. The van der Waals surface area contributed by atoms with Crippen molar-refractivity contribution in [3.05, 3.63) is 66.2 Å². The minimum absolute atomic E-state index is 0.129. The first-order valence-corrected chi connectivity index (χ1v) is 9.68. The first kappa shape index (κ1) is 18.3. The Morgan fingerprint density at radius 1 is 1.07 bits per heavy atom. The first-order chi connectivity index (χ1) is 13.7. The van der Waals surface area contributed by atoms with Gasteiger partial charge >= 0.3 is 0 Å². The number of halogens is 1. The van der Waals surface area contributed by atoms with Gasteiger partial charge in [0.25, 0.3) is 0 Å². The average molecular weight is 378 g/mol. The van der Waals surface area contributed by atoms with Gasteiger partial charge in [0.2, 0.25) is 0 Å². The van der Waals surface area contributed by atoms with Crippen LogP contribution in [0.25, 0.3) is 11.5 Å². The number of rotatable bonds is 5. The van der Waals surface area contributed by atoms with Crippen LogP contribution in [-0.4, -0.2) is 34.1 Å². The Morgan fingerprint density at radius 2 is 1.86 bits per heavy atom. The monoisotopic (exact) mass is 378 g/mol. The number of pyridine rings is 1. The van der Waals surface area contributed by atoms with Gasteiger partial charge in [0, 0.05) is 43.9 Å². The highest BCUT2D eigenvalue weighted by atomic mass is 19.1. The van der Waals surface area contributed by atoms with Crippen LogP contribution in [0.2, 0.25) is 0 Å². The van der Waals surface area contributed by atoms with Crippen LogP contribution in [0, 0.1) is 5.82 Å². The standard InChI is InChI=1S/C22H23FN4O/c1-2-17-15-21(26-22(25-17)20-5-3-4-12-24-20)27-13-10-19(11-14-27)28-18-8-6-16(23)7-9-18/h3-9,12,15,19H,2,10-11,13-14H2,1H3. The van der Waals surface area contributed by atoms with E-state index in [-0.39, 0.29) is 11.9 Å². The van der Waals surface area contributed by atoms with Gasteiger partial charge in [-0.15, -0.1) is 0 Å². The fraction of sp³-hybridized carbons (Fsp3) is 0.318. The predicted molar refractivity (Wildman–Crippen MR) is 107 cm³/mol. The van der Waals surface area contributed by atoms with Crippen molar-refractivity contribution in [1.82, 2.24) is 15.0 Å². The molecule has 28 heavy (non-hydrogen) atoms. The van der Waals surface area contributed by atoms with E-state index in [1.54, 1.807) is 18.3 Å². The van der Waals surface area contributed by atoms with E-state index in [9.17, 15) is 4.39 Å². The molecule has 3 heterocycles. The molecule has 0 bridgehead atoms. The lowest BCUT2D eigenvalue weighted by molar-refractivity contribution is 0.170. The Kier molecular flexibility index (Phi) is 5.46. The second-order valence-corrected chi connectivity index (χ2v) is 6.87. The molecule has 0 radical (unpaired) electrons. The fourth-order valence-corrected chi connectivity index (χ4v) is 3.34. The Hall–Kier alpha value is -3.02. The summed E-state index contributed by atoms with van der Waals surface area (Å²) < 4.78 is 19.0. The van der Waals surface area contributed by atoms with E-state index >= 15 is 0 Å². The Morgan fingerprint density at radius 3 is 2.54 bits per heavy atom. The highest BCUT2D eigenvalue weighted by Gasteiger charge is 2.22. The summed E-state index contributed by atoms with van der Waals surface area (Å²) in [5, 5.41) is 0. The Balaban J connectivity index is 1.46. The van der Waals surface area contributed by atoms with Gasteiger partial charge in [-0.25, -0.2) is 14.4 Å². The molecule has 0 amide bonds. The lowest BCUT2D eigenvalue weighted by Gasteiger charge is -2.33. The summed E-state index contributed by atoms with van der Waals surface area (Å²) in [4.78, 5) is 16.1. The third kappa shape index (κ3) is 4.27. The minimum atomic E-state index is -0.249. The maximum Gasteiger partial charge on any atom is 0.180 e. The van der Waals surface area contributed by atoms with Gasteiger partial charge in [0.05, 0.1) is 0 Å². The number of piperidine rings is 1. The van der Waals surface area contributed by atoms with E-state index in [0.29, 0.717) is 11.6 Å². The maximum absolute atomic E-state index is 13.0. The van der Waals surface area contributed by atoms with Crippen LogP contribution in [0.4, 0.5) is 10.2 Å². The number of ether oxygens (including phenoxy) is 1. The normalized spacial score (nSPS) is 14.9. The van der Waals surface area contributed by atoms with Crippen molar-refractivity contribution in [3.8, 4) is 17.3 Å². The quantitative estimate of drug-likeness (QED) is 0.663. The molecule has 4 rings (SSSR count). The highest BCUT2D eigenvalue weighted by molar-refractivity contribution is 5.54. The molecule has 1 aliphatic heterocycles. The smallest absolute Gasteiger partial charge is 0.180 e. The summed E-state index contributed by atoms with van der Waals surface area (Å²) in [5.74, 6) is 2.07. The molecular weight excluding hydrogens is 355 g/mol. The summed E-state index contributed by atoms with van der Waals surface area (Å²) in [6, 6.07) is 14.0. The molecule has 0 atom stereocenters. The molecule has 0 N–H and O–H groups in total. The van der Waals surface area contributed by atoms with Crippen LogP contribution in [0.1, 0.15) is 25.5 Å². The number of aromatic nitrogens is 3. The molecule has 0 saturated carbocycles. The average Bonchev–Trinajstić information content (AvgIpc) is 2.76. The zero-order chi connectivity index (χ0) is 19.3. The topological polar surface area (TPSA) is 51.1 Å². The van der Waals surface area contributed by atoms with E-state index in [4.69, 9.17) is 9.72 Å². The van der Waals surface area contributed by atoms with Gasteiger partial charge in [-0.2, -0.15) is 0 Å². The molecule has 1 aromatic carbocycles. The van der Waals surface area contributed by atoms with Gasteiger partial charge in [0.1, 0.15) is 29.2 Å². The zero-order valence-electron chi connectivity index (χ0n) is 15.9. The van der Waals surface area contributed by atoms with Gasteiger partial charge in [-0.05, 0) is 42.8 Å². The van der Waals surface area contributed by atoms with E-state index in [0.717, 1.165) is 49.6 Å². The van der Waals surface area contributed by atoms with E-state index in [1.807, 2.05) is 18.2 Å². The molecule has 6 heteroatoms. The van der Waals surface area contributed by atoms with Crippen LogP contribution in [-0.2, 0) is 6.42 Å². The number of hydrogen-bond donors (Lipinski definition) is 0. The van der Waals surface area contributed by atoms with Crippen molar-refractivity contribution in [3.63, 3.8) is 0 Å². The molecule has 1 fully saturated rings. The molecule has 0 aliphatic carbocycles. The molecular formula is C22H23FN4O. The molecule has 1 saturated heterocycles. The summed E-state index contributed by atoms with van der Waals surface area (Å²) in [6.07, 6.45) is 4.52. The summed E-state index contributed by atoms with van der Waals surface area (Å²) in [6.45, 7) is 3.80. The molecule has 0 spiro atoms. The SMILES string of the molecule is CCc1cc(N2CCC(Oc3ccc(F)cc3)CC2)nc(-c2ccccn2)n1. The summed E-state index contributed by atoms with van der Waals surface area (Å²) in [5.41, 5.74) is 1.80. The third-order valence-corrected chi connectivity index (χ3v) is 4.90. The molecule has 1 aliphatic rings. The molecule has 5 nitrogen and oxygen atoms in total. The second-order valence-electron chi connectivity index (χ2n) is 6.87. The Bertz CT molecular complexity index is 910. The number of hydrogen-bond acceptors (Lipinski definition) is 5. The predicted octanol–water partition coefficient (Wildman–Crippen LogP) is 4.29. The minimum Gasteiger partial charge on any atom is -0.490 e. The molecule has 0 unspecified atom stereocenters. The van der Waals surface area contributed by atoms with Gasteiger partial charge in [0.15, 0.2) is 5.82 Å². The van der Waals surface area contributed by atoms with Crippen LogP contribution < -0.4 is 9.64 Å². The maximum atomic E-state index is 13.0. The van der Waals surface area contributed by atoms with Crippen LogP contribution in [0.5, 0.6) is 5.75 Å². The van der Waals surface area contributed by atoms with Crippen LogP contribution in [0.15, 0.2) is 54.7 Å². The summed E-state index contributed by atoms with van der Waals surface area (Å²) >= 11 is 0. The van der Waals surface area contributed by atoms with Gasteiger partial charge < -0.3 is 9.64 Å². The van der Waals surface area contributed by atoms with Crippen molar-refractivity contribution in [2.45, 2.75) is 32.3 Å². The molecule has 2 aromatic heterocycles. The number of benzene rings is 1. The second kappa shape index (κ2) is 8.33. The van der Waals surface area contributed by atoms with Crippen LogP contribution in [0.3, 0.4) is 0 Å². The first-order valence-electron chi connectivity index (χ1n) is 9.68. The summed E-state index contributed by atoms with van der Waals surface area (Å²) in [7, 11) is 0. The van der Waals surface area contributed by atoms with Gasteiger partial charge in [-0.3, -0.25) is 4.98 Å². The van der Waals surface area contributed by atoms with Crippen LogP contribution >= 0.6 is 0 Å². The molecule has 144 valence electrons. The molecule has 3 aromatic rings. The van der Waals surface area contributed by atoms with Crippen molar-refractivity contribution < 1.29 is 9.13 Å². The van der Waals surface area contributed by atoms with Crippen molar-refractivity contribution in [2.24, 2.45) is 0 Å². The number of nitrogens with zero attached hydrogens (tertiary/aromatic N) is 4. The lowest BCUT2D eigenvalue weighted by Crippen LogP contribution is -2.38. The highest BCUT2D eigenvalue weighted by Crippen LogP contribution is 2.24. The van der Waals surface area contributed by atoms with Crippen molar-refractivity contribution in [2.75, 3.05) is 18.0 Å². The van der Waals surface area contributed by atoms with E-state index in [1.165, 1.54) is 12.1 Å². The van der Waals surface area contributed by atoms with Gasteiger partial charge in [-0.1, -0.05) is 13.0 Å². The van der Waals surface area contributed by atoms with Crippen molar-refractivity contribution in [1.29, 1.82) is 0 Å². The number of anilines is 1. The lowest BCUT2D eigenvalue weighted by atomic mass is 10.1. The fourth-order valence-electron chi connectivity index (χ4n) is 3.34. The largest absolute Gasteiger partial charge is 0.490 e. The van der Waals surface area contributed by atoms with E-state index < -0.39 is 0 Å².